The molecule has 1 spiro atoms. The third-order valence-corrected chi connectivity index (χ3v) is 7.94. The molecule has 0 aromatic carbocycles. The van der Waals surface area contributed by atoms with Crippen LogP contribution in [0.3, 0.4) is 0 Å². The largest absolute Gasteiger partial charge is 0.481 e. The molecular weight excluding hydrogens is 486 g/mol. The molecule has 0 aromatic rings. The lowest BCUT2D eigenvalue weighted by Gasteiger charge is -2.37. The number of carboxylic acids is 1. The highest BCUT2D eigenvalue weighted by Gasteiger charge is 2.76. The summed E-state index contributed by atoms with van der Waals surface area (Å²) in [5.41, 5.74) is -1.22. The first kappa shape index (κ1) is 23.6. The number of nitrogens with zero attached hydrogens (tertiary/aromatic N) is 3. The quantitative estimate of drug-likeness (QED) is 0.301. The molecule has 6 atom stereocenters. The summed E-state index contributed by atoms with van der Waals surface area (Å²) in [6.45, 7) is 7.67. The van der Waals surface area contributed by atoms with Crippen LogP contribution in [0.2, 0.25) is 0 Å². The van der Waals surface area contributed by atoms with Crippen molar-refractivity contribution in [3.63, 3.8) is 0 Å². The predicted molar refractivity (Wildman–Crippen MR) is 116 cm³/mol. The molecule has 32 heavy (non-hydrogen) atoms. The lowest BCUT2D eigenvalue weighted by atomic mass is 9.70. The second-order valence-corrected chi connectivity index (χ2v) is 9.96. The van der Waals surface area contributed by atoms with Crippen LogP contribution < -0.4 is 0 Å². The zero-order valence-corrected chi connectivity index (χ0v) is 19.5. The van der Waals surface area contributed by atoms with E-state index in [0.29, 0.717) is 39.3 Å². The van der Waals surface area contributed by atoms with Crippen LogP contribution in [0, 0.1) is 11.8 Å². The Hall–Kier alpha value is -1.53. The second-order valence-electron chi connectivity index (χ2n) is 8.78. The summed E-state index contributed by atoms with van der Waals surface area (Å²) in [4.78, 5) is 44.1. The van der Waals surface area contributed by atoms with Crippen LogP contribution in [-0.4, -0.2) is 124 Å². The second kappa shape index (κ2) is 9.38. The molecule has 11 heteroatoms. The third kappa shape index (κ3) is 3.77. The average molecular weight is 516 g/mol. The Labute approximate surface area is 195 Å². The molecule has 4 saturated heterocycles. The van der Waals surface area contributed by atoms with Crippen LogP contribution in [0.5, 0.6) is 0 Å². The molecule has 4 aliphatic heterocycles. The monoisotopic (exact) mass is 515 g/mol. The van der Waals surface area contributed by atoms with Gasteiger partial charge in [-0.3, -0.25) is 19.3 Å². The highest BCUT2D eigenvalue weighted by Crippen LogP contribution is 2.60. The molecule has 10 nitrogen and oxygen atoms in total. The Morgan fingerprint density at radius 1 is 1.31 bits per heavy atom. The van der Waals surface area contributed by atoms with E-state index in [2.05, 4.69) is 27.4 Å². The van der Waals surface area contributed by atoms with E-state index in [9.17, 15) is 24.6 Å². The first-order valence-electron chi connectivity index (χ1n) is 11.0. The van der Waals surface area contributed by atoms with Crippen molar-refractivity contribution in [1.29, 1.82) is 0 Å². The Bertz CT molecular complexity index is 776. The molecule has 0 aromatic heterocycles. The summed E-state index contributed by atoms with van der Waals surface area (Å²) < 4.78 is 11.6. The summed E-state index contributed by atoms with van der Waals surface area (Å²) in [6, 6.07) is -0.980. The first-order valence-corrected chi connectivity index (χ1v) is 11.9. The molecule has 4 fully saturated rings. The fourth-order valence-electron chi connectivity index (χ4n) is 5.75. The van der Waals surface area contributed by atoms with Crippen LogP contribution in [0.1, 0.15) is 6.42 Å². The van der Waals surface area contributed by atoms with Gasteiger partial charge in [0.25, 0.3) is 0 Å². The lowest BCUT2D eigenvalue weighted by molar-refractivity contribution is -0.151. The average Bonchev–Trinajstić information content (AvgIpc) is 3.36. The van der Waals surface area contributed by atoms with Crippen LogP contribution in [0.4, 0.5) is 0 Å². The van der Waals surface area contributed by atoms with E-state index < -0.39 is 41.5 Å². The summed E-state index contributed by atoms with van der Waals surface area (Å²) >= 11 is 3.51. The molecule has 2 N–H and O–H groups in total. The molecule has 2 amide bonds. The molecule has 4 aliphatic rings. The van der Waals surface area contributed by atoms with Crippen molar-refractivity contribution in [1.82, 2.24) is 14.7 Å². The summed E-state index contributed by atoms with van der Waals surface area (Å²) in [7, 11) is 0. The number of β-amino-alcohol motifs (C(OH)–C–C–N with tert-alkyl or cyclic N) is 1. The van der Waals surface area contributed by atoms with Crippen molar-refractivity contribution < 1.29 is 34.1 Å². The molecular formula is C21H30BrN3O7. The number of aliphatic hydroxyl groups excluding tert-OH is 1. The van der Waals surface area contributed by atoms with Crippen LogP contribution in [-0.2, 0) is 23.9 Å². The normalized spacial score (nSPS) is 36.4. The van der Waals surface area contributed by atoms with E-state index in [0.717, 1.165) is 13.1 Å². The minimum atomic E-state index is -1.22. The molecule has 1 unspecified atom stereocenters. The van der Waals surface area contributed by atoms with Gasteiger partial charge in [-0.1, -0.05) is 22.0 Å². The number of morpholine rings is 1. The van der Waals surface area contributed by atoms with Gasteiger partial charge in [0.2, 0.25) is 11.8 Å². The van der Waals surface area contributed by atoms with Gasteiger partial charge in [0.05, 0.1) is 37.8 Å². The number of alkyl halides is 1. The van der Waals surface area contributed by atoms with Gasteiger partial charge in [-0.25, -0.2) is 0 Å². The number of hydrogen-bond donors (Lipinski definition) is 2. The molecule has 178 valence electrons. The van der Waals surface area contributed by atoms with Crippen molar-refractivity contribution >= 4 is 33.7 Å². The number of aliphatic hydroxyl groups is 1. The highest BCUT2D eigenvalue weighted by molar-refractivity contribution is 9.09. The van der Waals surface area contributed by atoms with Gasteiger partial charge in [0, 0.05) is 44.1 Å². The van der Waals surface area contributed by atoms with Crippen molar-refractivity contribution in [2.24, 2.45) is 11.8 Å². The molecule has 4 rings (SSSR count). The molecule has 4 heterocycles. The summed E-state index contributed by atoms with van der Waals surface area (Å²) in [5.74, 6) is -3.80. The predicted octanol–water partition coefficient (Wildman–Crippen LogP) is -0.842. The maximum atomic E-state index is 13.9. The number of hydrogen-bond acceptors (Lipinski definition) is 7. The van der Waals surface area contributed by atoms with E-state index in [-0.39, 0.29) is 23.9 Å². The molecule has 0 saturated carbocycles. The van der Waals surface area contributed by atoms with E-state index in [1.165, 1.54) is 4.90 Å². The zero-order valence-electron chi connectivity index (χ0n) is 17.9. The van der Waals surface area contributed by atoms with E-state index >= 15 is 0 Å². The number of carbonyl (C=O) groups excluding carboxylic acids is 2. The molecule has 0 radical (unpaired) electrons. The van der Waals surface area contributed by atoms with Crippen LogP contribution >= 0.6 is 15.9 Å². The number of halogens is 1. The Balaban J connectivity index is 1.62. The van der Waals surface area contributed by atoms with Gasteiger partial charge in [-0.2, -0.15) is 0 Å². The molecule has 0 aliphatic carbocycles. The minimum Gasteiger partial charge on any atom is -0.481 e. The van der Waals surface area contributed by atoms with Gasteiger partial charge in [-0.15, -0.1) is 6.58 Å². The smallest absolute Gasteiger partial charge is 0.310 e. The SMILES string of the molecule is C=CCN(CCN1CCOCC1)C(=O)[C@@H]1N(CCO)C(=O)[C@H]2[C@H](C(=O)O)[C@H]3O[C@@]12CC3Br. The number of carboxylic acid groups (broad SMARTS) is 1. The number of aliphatic carboxylic acids is 1. The van der Waals surface area contributed by atoms with E-state index in [1.807, 2.05) is 0 Å². The number of ether oxygens (including phenoxy) is 2. The van der Waals surface area contributed by atoms with Crippen LogP contribution in [0.25, 0.3) is 0 Å². The van der Waals surface area contributed by atoms with Gasteiger partial charge < -0.3 is 29.5 Å². The third-order valence-electron chi connectivity index (χ3n) is 7.10. The molecule has 2 bridgehead atoms. The lowest BCUT2D eigenvalue weighted by Crippen LogP contribution is -2.57. The number of likely N-dealkylation sites (tertiary alicyclic amines) is 1. The highest BCUT2D eigenvalue weighted by atomic mass is 79.9. The minimum absolute atomic E-state index is 0.0494. The fraction of sp³-hybridized carbons (Fsp3) is 0.762. The summed E-state index contributed by atoms with van der Waals surface area (Å²) in [5, 5.41) is 19.4. The fourth-order valence-corrected chi connectivity index (χ4v) is 6.69. The van der Waals surface area contributed by atoms with Gasteiger partial charge in [0.1, 0.15) is 11.6 Å². The number of carbonyl (C=O) groups is 3. The van der Waals surface area contributed by atoms with E-state index in [1.54, 1.807) is 11.0 Å². The van der Waals surface area contributed by atoms with Crippen molar-refractivity contribution in [2.75, 3.05) is 59.1 Å². The first-order chi connectivity index (χ1) is 15.4. The Morgan fingerprint density at radius 3 is 2.66 bits per heavy atom. The number of amides is 2. The maximum absolute atomic E-state index is 13.9. The number of rotatable bonds is 9. The number of fused-ring (bicyclic) bond motifs is 1. The van der Waals surface area contributed by atoms with Crippen molar-refractivity contribution in [3.8, 4) is 0 Å². The van der Waals surface area contributed by atoms with Gasteiger partial charge >= 0.3 is 5.97 Å². The zero-order chi connectivity index (χ0) is 23.0. The van der Waals surface area contributed by atoms with Crippen molar-refractivity contribution in [2.45, 2.75) is 29.0 Å². The summed E-state index contributed by atoms with van der Waals surface area (Å²) in [6.07, 6.45) is 1.33. The Morgan fingerprint density at radius 2 is 2.03 bits per heavy atom. The standard InChI is InChI=1S/C21H30BrN3O7/c1-2-3-24(5-4-23-7-10-31-11-8-23)19(28)17-21-12-13(22)16(32-21)14(20(29)30)15(21)18(27)25(17)6-9-26/h2,13-17,26H,1,3-12H2,(H,29,30)/t13?,14-,15+,16-,17-,21+/m0/s1. The van der Waals surface area contributed by atoms with Crippen LogP contribution in [0.15, 0.2) is 12.7 Å². The van der Waals surface area contributed by atoms with Gasteiger partial charge in [-0.05, 0) is 6.42 Å². The Kier molecular flexibility index (Phi) is 6.92. The topological polar surface area (TPSA) is 120 Å². The van der Waals surface area contributed by atoms with E-state index in [4.69, 9.17) is 9.47 Å². The van der Waals surface area contributed by atoms with Gasteiger partial charge in [0.15, 0.2) is 0 Å². The maximum Gasteiger partial charge on any atom is 0.310 e. The van der Waals surface area contributed by atoms with Crippen molar-refractivity contribution in [3.05, 3.63) is 12.7 Å².